The average molecular weight is 419 g/mol. The lowest BCUT2D eigenvalue weighted by atomic mass is 10.2. The molecule has 0 aromatic heterocycles. The van der Waals surface area contributed by atoms with E-state index in [1.807, 2.05) is 4.90 Å². The Morgan fingerprint density at radius 2 is 1.52 bits per heavy atom. The molecule has 1 fully saturated rings. The summed E-state index contributed by atoms with van der Waals surface area (Å²) in [5.41, 5.74) is 1.35. The Balaban J connectivity index is 1.49. The minimum absolute atomic E-state index is 0.316. The van der Waals surface area contributed by atoms with Crippen LogP contribution in [0.5, 0.6) is 0 Å². The largest absolute Gasteiger partial charge is 0.368 e. The van der Waals surface area contributed by atoms with Gasteiger partial charge in [-0.25, -0.2) is 12.8 Å². The van der Waals surface area contributed by atoms with Crippen molar-refractivity contribution in [2.75, 3.05) is 47.9 Å². The number of hydrogen-bond acceptors (Lipinski definition) is 5. The molecule has 1 N–H and O–H groups in total. The summed E-state index contributed by atoms with van der Waals surface area (Å²) in [5, 5.41) is 2.50. The molecule has 1 saturated heterocycles. The molecule has 1 heterocycles. The number of hydrogen-bond donors (Lipinski definition) is 1. The quantitative estimate of drug-likeness (QED) is 0.767. The Labute approximate surface area is 169 Å². The van der Waals surface area contributed by atoms with E-state index < -0.39 is 33.2 Å². The Kier molecular flexibility index (Phi) is 6.48. The number of halogens is 1. The summed E-state index contributed by atoms with van der Waals surface area (Å²) in [7, 11) is -3.88. The number of carbonyl (C=O) groups is 2. The van der Waals surface area contributed by atoms with Gasteiger partial charge in [-0.3, -0.25) is 9.59 Å². The zero-order chi connectivity index (χ0) is 20.9. The first kappa shape index (κ1) is 20.8. The van der Waals surface area contributed by atoms with Gasteiger partial charge in [0.05, 0.1) is 0 Å². The highest BCUT2D eigenvalue weighted by molar-refractivity contribution is 7.92. The van der Waals surface area contributed by atoms with Crippen molar-refractivity contribution in [2.45, 2.75) is 0 Å². The highest BCUT2D eigenvalue weighted by atomic mass is 32.2. The highest BCUT2D eigenvalue weighted by Gasteiger charge is 2.27. The van der Waals surface area contributed by atoms with E-state index in [-0.39, 0.29) is 5.82 Å². The summed E-state index contributed by atoms with van der Waals surface area (Å²) >= 11 is 0. The van der Waals surface area contributed by atoms with Crippen LogP contribution >= 0.6 is 0 Å². The number of nitrogens with zero attached hydrogens (tertiary/aromatic N) is 2. The molecule has 2 aromatic rings. The van der Waals surface area contributed by atoms with Gasteiger partial charge in [0.2, 0.25) is 11.8 Å². The predicted octanol–water partition coefficient (Wildman–Crippen LogP) is 1.53. The van der Waals surface area contributed by atoms with Crippen molar-refractivity contribution in [1.29, 1.82) is 0 Å². The molecular weight excluding hydrogens is 397 g/mol. The van der Waals surface area contributed by atoms with Crippen molar-refractivity contribution >= 4 is 33.0 Å². The molecule has 0 atom stereocenters. The van der Waals surface area contributed by atoms with Crippen LogP contribution < -0.4 is 10.2 Å². The highest BCUT2D eigenvalue weighted by Crippen LogP contribution is 2.17. The van der Waals surface area contributed by atoms with E-state index in [4.69, 9.17) is 0 Å². The van der Waals surface area contributed by atoms with Crippen LogP contribution in [-0.2, 0) is 19.4 Å². The predicted molar refractivity (Wildman–Crippen MR) is 109 cm³/mol. The summed E-state index contributed by atoms with van der Waals surface area (Å²) in [5.74, 6) is -2.96. The molecule has 1 aliphatic heterocycles. The molecule has 3 rings (SSSR count). The number of anilines is 2. The fraction of sp³-hybridized carbons (Fsp3) is 0.300. The van der Waals surface area contributed by atoms with Crippen molar-refractivity contribution in [2.24, 2.45) is 0 Å². The topological polar surface area (TPSA) is 86.8 Å². The molecule has 7 nitrogen and oxygen atoms in total. The van der Waals surface area contributed by atoms with Crippen LogP contribution in [0.3, 0.4) is 0 Å². The first-order chi connectivity index (χ1) is 13.8. The molecule has 0 aliphatic carbocycles. The zero-order valence-corrected chi connectivity index (χ0v) is 16.6. The zero-order valence-electron chi connectivity index (χ0n) is 15.8. The Morgan fingerprint density at radius 1 is 0.897 bits per heavy atom. The van der Waals surface area contributed by atoms with Crippen LogP contribution in [0.15, 0.2) is 54.6 Å². The number of para-hydroxylation sites is 1. The van der Waals surface area contributed by atoms with Gasteiger partial charge >= 0.3 is 0 Å². The van der Waals surface area contributed by atoms with E-state index >= 15 is 0 Å². The van der Waals surface area contributed by atoms with E-state index in [1.165, 1.54) is 17.0 Å². The van der Waals surface area contributed by atoms with E-state index in [9.17, 15) is 22.4 Å². The van der Waals surface area contributed by atoms with Gasteiger partial charge in [0, 0.05) is 37.6 Å². The average Bonchev–Trinajstić information content (AvgIpc) is 2.68. The van der Waals surface area contributed by atoms with Crippen molar-refractivity contribution in [3.63, 3.8) is 0 Å². The SMILES string of the molecule is O=C(CS(=O)(=O)CC(=O)N1CCN(c2ccc(F)cc2)CC1)Nc1ccccc1. The van der Waals surface area contributed by atoms with Gasteiger partial charge in [0.25, 0.3) is 0 Å². The van der Waals surface area contributed by atoms with Crippen molar-refractivity contribution in [3.8, 4) is 0 Å². The molecule has 1 aliphatic rings. The van der Waals surface area contributed by atoms with Gasteiger partial charge in [-0.2, -0.15) is 0 Å². The van der Waals surface area contributed by atoms with Crippen LogP contribution in [0, 0.1) is 5.82 Å². The molecule has 0 bridgehead atoms. The monoisotopic (exact) mass is 419 g/mol. The minimum atomic E-state index is -3.88. The van der Waals surface area contributed by atoms with Crippen LogP contribution in [0.2, 0.25) is 0 Å². The Bertz CT molecular complexity index is 957. The van der Waals surface area contributed by atoms with Crippen molar-refractivity contribution in [1.82, 2.24) is 4.90 Å². The van der Waals surface area contributed by atoms with Gasteiger partial charge in [-0.1, -0.05) is 18.2 Å². The maximum Gasteiger partial charge on any atom is 0.239 e. The molecule has 0 radical (unpaired) electrons. The lowest BCUT2D eigenvalue weighted by Gasteiger charge is -2.36. The summed E-state index contributed by atoms with van der Waals surface area (Å²) in [4.78, 5) is 27.8. The molecule has 29 heavy (non-hydrogen) atoms. The molecule has 0 unspecified atom stereocenters. The molecule has 0 spiro atoms. The second kappa shape index (κ2) is 9.04. The summed E-state index contributed by atoms with van der Waals surface area (Å²) < 4.78 is 37.5. The third-order valence-electron chi connectivity index (χ3n) is 4.58. The van der Waals surface area contributed by atoms with Crippen LogP contribution in [0.1, 0.15) is 0 Å². The molecule has 2 amide bonds. The smallest absolute Gasteiger partial charge is 0.239 e. The number of carbonyl (C=O) groups excluding carboxylic acids is 2. The normalized spacial score (nSPS) is 14.5. The Hall–Kier alpha value is -2.94. The second-order valence-corrected chi connectivity index (χ2v) is 8.86. The van der Waals surface area contributed by atoms with E-state index in [1.54, 1.807) is 42.5 Å². The maximum atomic E-state index is 13.0. The molecule has 2 aromatic carbocycles. The lowest BCUT2D eigenvalue weighted by Crippen LogP contribution is -2.50. The van der Waals surface area contributed by atoms with E-state index in [0.717, 1.165) is 5.69 Å². The number of amides is 2. The first-order valence-corrected chi connectivity index (χ1v) is 11.0. The number of piperazine rings is 1. The molecule has 9 heteroatoms. The minimum Gasteiger partial charge on any atom is -0.368 e. The fourth-order valence-electron chi connectivity index (χ4n) is 3.11. The molecule has 0 saturated carbocycles. The van der Waals surface area contributed by atoms with Gasteiger partial charge in [0.15, 0.2) is 9.84 Å². The van der Waals surface area contributed by atoms with Crippen LogP contribution in [0.25, 0.3) is 0 Å². The van der Waals surface area contributed by atoms with Crippen molar-refractivity contribution in [3.05, 3.63) is 60.4 Å². The fourth-order valence-corrected chi connectivity index (χ4v) is 4.25. The summed E-state index contributed by atoms with van der Waals surface area (Å²) in [6.45, 7) is 1.77. The van der Waals surface area contributed by atoms with Gasteiger partial charge < -0.3 is 15.1 Å². The number of sulfone groups is 1. The van der Waals surface area contributed by atoms with Gasteiger partial charge in [-0.15, -0.1) is 0 Å². The van der Waals surface area contributed by atoms with Crippen LogP contribution in [0.4, 0.5) is 15.8 Å². The van der Waals surface area contributed by atoms with Crippen LogP contribution in [-0.4, -0.2) is 62.8 Å². The Morgan fingerprint density at radius 3 is 2.14 bits per heavy atom. The summed E-state index contributed by atoms with van der Waals surface area (Å²) in [6.07, 6.45) is 0. The van der Waals surface area contributed by atoms with E-state index in [0.29, 0.717) is 31.9 Å². The second-order valence-electron chi connectivity index (χ2n) is 6.79. The molecule has 154 valence electrons. The van der Waals surface area contributed by atoms with E-state index in [2.05, 4.69) is 5.32 Å². The van der Waals surface area contributed by atoms with Crippen molar-refractivity contribution < 1.29 is 22.4 Å². The van der Waals surface area contributed by atoms with Gasteiger partial charge in [0.1, 0.15) is 17.3 Å². The number of benzene rings is 2. The summed E-state index contributed by atoms with van der Waals surface area (Å²) in [6, 6.07) is 14.6. The third-order valence-corrected chi connectivity index (χ3v) is 5.96. The molecular formula is C20H22FN3O4S. The van der Waals surface area contributed by atoms with Gasteiger partial charge in [-0.05, 0) is 36.4 Å². The number of rotatable bonds is 6. The third kappa shape index (κ3) is 6.02. The lowest BCUT2D eigenvalue weighted by molar-refractivity contribution is -0.128. The maximum absolute atomic E-state index is 13.0. The first-order valence-electron chi connectivity index (χ1n) is 9.16. The standard InChI is InChI=1S/C20H22FN3O4S/c21-16-6-8-18(9-7-16)23-10-12-24(13-11-23)20(26)15-29(27,28)14-19(25)22-17-4-2-1-3-5-17/h1-9H,10-15H2,(H,22,25). The number of nitrogens with one attached hydrogen (secondary N) is 1.